The second kappa shape index (κ2) is 6.43. The third-order valence-electron chi connectivity index (χ3n) is 3.51. The molecule has 1 aliphatic heterocycles. The lowest BCUT2D eigenvalue weighted by Crippen LogP contribution is -2.20. The van der Waals surface area contributed by atoms with Crippen molar-refractivity contribution in [1.29, 1.82) is 0 Å². The van der Waals surface area contributed by atoms with E-state index in [1.54, 1.807) is 13.3 Å². The normalized spacial score (nSPS) is 14.2. The largest absolute Gasteiger partial charge is 0.497 e. The van der Waals surface area contributed by atoms with E-state index in [0.29, 0.717) is 0 Å². The molecule has 1 saturated heterocycles. The fourth-order valence-corrected chi connectivity index (χ4v) is 2.30. The molecule has 0 saturated carbocycles. The van der Waals surface area contributed by atoms with Crippen molar-refractivity contribution in [3.05, 3.63) is 48.5 Å². The number of nitrogens with one attached hydrogen (secondary N) is 1. The molecule has 2 heterocycles. The number of hydrogen-bond acceptors (Lipinski definition) is 5. The van der Waals surface area contributed by atoms with E-state index >= 15 is 0 Å². The molecule has 21 heavy (non-hydrogen) atoms. The molecule has 1 radical (unpaired) electrons. The lowest BCUT2D eigenvalue weighted by Gasteiger charge is -2.15. The minimum absolute atomic E-state index is 0.729. The van der Waals surface area contributed by atoms with Crippen LogP contribution in [0, 0.1) is 6.42 Å². The van der Waals surface area contributed by atoms with Crippen LogP contribution in [-0.4, -0.2) is 30.2 Å². The highest BCUT2D eigenvalue weighted by molar-refractivity contribution is 5.43. The first-order chi connectivity index (χ1) is 10.3. The van der Waals surface area contributed by atoms with Crippen LogP contribution in [0.4, 0.5) is 11.8 Å². The monoisotopic (exact) mass is 283 g/mol. The first kappa shape index (κ1) is 13.7. The lowest BCUT2D eigenvalue weighted by molar-refractivity contribution is 0.414. The molecule has 0 aliphatic carbocycles. The van der Waals surface area contributed by atoms with Crippen LogP contribution in [0.5, 0.6) is 5.75 Å². The van der Waals surface area contributed by atoms with Gasteiger partial charge in [-0.05, 0) is 36.6 Å². The van der Waals surface area contributed by atoms with E-state index in [9.17, 15) is 0 Å². The van der Waals surface area contributed by atoms with E-state index in [2.05, 4.69) is 26.6 Å². The van der Waals surface area contributed by atoms with Gasteiger partial charge in [-0.2, -0.15) is 4.98 Å². The molecule has 5 heteroatoms. The Labute approximate surface area is 125 Å². The topological polar surface area (TPSA) is 50.3 Å². The highest BCUT2D eigenvalue weighted by Gasteiger charge is 2.15. The van der Waals surface area contributed by atoms with Gasteiger partial charge in [0.2, 0.25) is 5.95 Å². The highest BCUT2D eigenvalue weighted by Crippen LogP contribution is 2.17. The number of hydrogen-bond donors (Lipinski definition) is 1. The van der Waals surface area contributed by atoms with Gasteiger partial charge in [0.1, 0.15) is 11.6 Å². The fourth-order valence-electron chi connectivity index (χ4n) is 2.30. The maximum absolute atomic E-state index is 5.16. The molecule has 0 atom stereocenters. The summed E-state index contributed by atoms with van der Waals surface area (Å²) in [5.74, 6) is 2.51. The summed E-state index contributed by atoms with van der Waals surface area (Å²) in [5, 5.41) is 3.33. The van der Waals surface area contributed by atoms with E-state index in [0.717, 1.165) is 43.6 Å². The third-order valence-corrected chi connectivity index (χ3v) is 3.51. The van der Waals surface area contributed by atoms with Gasteiger partial charge in [0.15, 0.2) is 0 Å². The Kier molecular flexibility index (Phi) is 4.19. The van der Waals surface area contributed by atoms with Gasteiger partial charge < -0.3 is 15.0 Å². The minimum atomic E-state index is 0.729. The Morgan fingerprint density at radius 2 is 2.10 bits per heavy atom. The van der Waals surface area contributed by atoms with Gasteiger partial charge in [0.05, 0.1) is 7.11 Å². The number of benzene rings is 1. The summed E-state index contributed by atoms with van der Waals surface area (Å²) in [5.41, 5.74) is 1.19. The molecule has 109 valence electrons. The molecule has 3 rings (SSSR count). The van der Waals surface area contributed by atoms with E-state index in [4.69, 9.17) is 4.74 Å². The van der Waals surface area contributed by atoms with Gasteiger partial charge in [-0.25, -0.2) is 4.98 Å². The van der Waals surface area contributed by atoms with Gasteiger partial charge in [-0.15, -0.1) is 0 Å². The molecular formula is C16H19N4O. The standard InChI is InChI=1S/C16H19N4O/c1-21-14-6-4-13(5-7-14)12-18-15-8-9-17-16(19-15)20-10-2-3-11-20/h2,4-9H,3,10-12H2,1H3,(H,17,18,19). The van der Waals surface area contributed by atoms with Crippen molar-refractivity contribution in [2.75, 3.05) is 30.4 Å². The zero-order valence-electron chi connectivity index (χ0n) is 12.1. The van der Waals surface area contributed by atoms with Crippen LogP contribution in [0.25, 0.3) is 0 Å². The highest BCUT2D eigenvalue weighted by atomic mass is 16.5. The predicted molar refractivity (Wildman–Crippen MR) is 83.5 cm³/mol. The molecule has 1 aromatic heterocycles. The average molecular weight is 283 g/mol. The minimum Gasteiger partial charge on any atom is -0.497 e. The number of rotatable bonds is 5. The van der Waals surface area contributed by atoms with Crippen molar-refractivity contribution in [2.24, 2.45) is 0 Å². The van der Waals surface area contributed by atoms with Crippen LogP contribution in [0.3, 0.4) is 0 Å². The molecule has 5 nitrogen and oxygen atoms in total. The van der Waals surface area contributed by atoms with E-state index in [1.165, 1.54) is 5.56 Å². The molecule has 0 amide bonds. The summed E-state index contributed by atoms with van der Waals surface area (Å²) >= 11 is 0. The van der Waals surface area contributed by atoms with E-state index < -0.39 is 0 Å². The predicted octanol–water partition coefficient (Wildman–Crippen LogP) is 2.51. The van der Waals surface area contributed by atoms with E-state index in [1.807, 2.05) is 30.3 Å². The Morgan fingerprint density at radius 3 is 2.81 bits per heavy atom. The maximum atomic E-state index is 5.16. The second-order valence-electron chi connectivity index (χ2n) is 4.97. The van der Waals surface area contributed by atoms with Crippen molar-refractivity contribution in [3.63, 3.8) is 0 Å². The number of ether oxygens (including phenoxy) is 1. The Morgan fingerprint density at radius 1 is 1.24 bits per heavy atom. The first-order valence-corrected chi connectivity index (χ1v) is 7.11. The summed E-state index contributed by atoms with van der Waals surface area (Å²) in [4.78, 5) is 11.1. The van der Waals surface area contributed by atoms with Gasteiger partial charge >= 0.3 is 0 Å². The van der Waals surface area contributed by atoms with Crippen LogP contribution in [0.2, 0.25) is 0 Å². The van der Waals surface area contributed by atoms with Crippen molar-refractivity contribution >= 4 is 11.8 Å². The van der Waals surface area contributed by atoms with E-state index in [-0.39, 0.29) is 0 Å². The van der Waals surface area contributed by atoms with Crippen LogP contribution in [0.1, 0.15) is 12.0 Å². The van der Waals surface area contributed by atoms with Crippen LogP contribution in [0.15, 0.2) is 36.5 Å². The maximum Gasteiger partial charge on any atom is 0.227 e. The molecular weight excluding hydrogens is 264 g/mol. The van der Waals surface area contributed by atoms with Gasteiger partial charge in [0, 0.05) is 25.8 Å². The average Bonchev–Trinajstić information content (AvgIpc) is 3.08. The zero-order chi connectivity index (χ0) is 14.5. The summed E-state index contributed by atoms with van der Waals surface area (Å²) in [6, 6.07) is 9.91. The molecule has 0 spiro atoms. The Hall–Kier alpha value is -2.30. The van der Waals surface area contributed by atoms with Crippen LogP contribution < -0.4 is 15.0 Å². The second-order valence-corrected chi connectivity index (χ2v) is 4.97. The fraction of sp³-hybridized carbons (Fsp3) is 0.312. The summed E-state index contributed by atoms with van der Waals surface area (Å²) in [7, 11) is 1.67. The van der Waals surface area contributed by atoms with Gasteiger partial charge in [0.25, 0.3) is 0 Å². The van der Waals surface area contributed by atoms with Gasteiger partial charge in [-0.1, -0.05) is 12.1 Å². The Bertz CT molecular complexity index is 579. The van der Waals surface area contributed by atoms with Crippen molar-refractivity contribution in [3.8, 4) is 5.75 Å². The quantitative estimate of drug-likeness (QED) is 0.913. The molecule has 1 aromatic carbocycles. The number of aromatic nitrogens is 2. The van der Waals surface area contributed by atoms with Crippen LogP contribution >= 0.6 is 0 Å². The molecule has 1 N–H and O–H groups in total. The van der Waals surface area contributed by atoms with Crippen LogP contribution in [-0.2, 0) is 6.54 Å². The summed E-state index contributed by atoms with van der Waals surface area (Å²) < 4.78 is 5.16. The van der Waals surface area contributed by atoms with Crippen molar-refractivity contribution in [1.82, 2.24) is 9.97 Å². The first-order valence-electron chi connectivity index (χ1n) is 7.11. The molecule has 2 aromatic rings. The van der Waals surface area contributed by atoms with Gasteiger partial charge in [-0.3, -0.25) is 0 Å². The Balaban J connectivity index is 1.62. The summed E-state index contributed by atoms with van der Waals surface area (Å²) in [6.07, 6.45) is 5.16. The smallest absolute Gasteiger partial charge is 0.227 e. The number of anilines is 2. The number of methoxy groups -OCH3 is 1. The lowest BCUT2D eigenvalue weighted by atomic mass is 10.2. The molecule has 0 bridgehead atoms. The molecule has 1 fully saturated rings. The van der Waals surface area contributed by atoms with Crippen molar-refractivity contribution in [2.45, 2.75) is 13.0 Å². The summed E-state index contributed by atoms with van der Waals surface area (Å²) in [6.45, 7) is 2.66. The molecule has 1 aliphatic rings. The number of nitrogens with zero attached hydrogens (tertiary/aromatic N) is 3. The zero-order valence-corrected chi connectivity index (χ0v) is 12.1. The SMILES string of the molecule is COc1ccc(CNc2ccnc(N3C[CH]CC3)n2)cc1. The molecule has 0 unspecified atom stereocenters. The third kappa shape index (κ3) is 3.42. The van der Waals surface area contributed by atoms with Crippen molar-refractivity contribution < 1.29 is 4.74 Å².